The van der Waals surface area contributed by atoms with Crippen LogP contribution >= 0.6 is 23.4 Å². The average Bonchev–Trinajstić information content (AvgIpc) is 3.60. The van der Waals surface area contributed by atoms with Crippen LogP contribution in [-0.4, -0.2) is 71.1 Å². The highest BCUT2D eigenvalue weighted by molar-refractivity contribution is 8.05. The molecule has 12 heteroatoms. The molecule has 3 aromatic heterocycles. The molecule has 0 bridgehead atoms. The summed E-state index contributed by atoms with van der Waals surface area (Å²) < 4.78 is 37.1. The molecular formula is C24H26ClF2N7OS. The Morgan fingerprint density at radius 3 is 2.69 bits per heavy atom. The Morgan fingerprint density at radius 1 is 1.14 bits per heavy atom. The molecule has 6 rings (SSSR count). The lowest BCUT2D eigenvalue weighted by Crippen LogP contribution is -2.61. The smallest absolute Gasteiger partial charge is 0.278 e. The van der Waals surface area contributed by atoms with Gasteiger partial charge in [0.25, 0.3) is 5.92 Å². The first kappa shape index (κ1) is 24.0. The Balaban J connectivity index is 1.15. The van der Waals surface area contributed by atoms with E-state index in [1.54, 1.807) is 23.4 Å². The fourth-order valence-electron chi connectivity index (χ4n) is 5.41. The van der Waals surface area contributed by atoms with Crippen molar-refractivity contribution in [1.82, 2.24) is 34.7 Å². The molecule has 36 heavy (non-hydrogen) atoms. The Bertz CT molecular complexity index is 1270. The van der Waals surface area contributed by atoms with Gasteiger partial charge in [-0.05, 0) is 31.9 Å². The van der Waals surface area contributed by atoms with Gasteiger partial charge in [-0.2, -0.15) is 20.1 Å². The van der Waals surface area contributed by atoms with E-state index in [1.165, 1.54) is 17.8 Å². The highest BCUT2D eigenvalue weighted by Crippen LogP contribution is 2.56. The topological polar surface area (TPSA) is 73.9 Å². The minimum Gasteiger partial charge on any atom is -0.367 e. The van der Waals surface area contributed by atoms with Crippen LogP contribution < -0.4 is 0 Å². The first-order valence-corrected chi connectivity index (χ1v) is 13.2. The molecule has 2 fully saturated rings. The monoisotopic (exact) mass is 533 g/mol. The lowest BCUT2D eigenvalue weighted by Gasteiger charge is -2.51. The van der Waals surface area contributed by atoms with Gasteiger partial charge in [0.1, 0.15) is 6.61 Å². The van der Waals surface area contributed by atoms with Gasteiger partial charge in [0, 0.05) is 43.2 Å². The van der Waals surface area contributed by atoms with Crippen LogP contribution in [0.4, 0.5) is 8.78 Å². The van der Waals surface area contributed by atoms with E-state index in [4.69, 9.17) is 21.4 Å². The van der Waals surface area contributed by atoms with Crippen molar-refractivity contribution in [2.24, 2.45) is 5.92 Å². The van der Waals surface area contributed by atoms with Gasteiger partial charge in [-0.1, -0.05) is 17.7 Å². The largest absolute Gasteiger partial charge is 0.367 e. The second kappa shape index (κ2) is 9.20. The lowest BCUT2D eigenvalue weighted by molar-refractivity contribution is -0.215. The molecule has 190 valence electrons. The summed E-state index contributed by atoms with van der Waals surface area (Å²) in [5.74, 6) is -2.99. The van der Waals surface area contributed by atoms with Gasteiger partial charge in [0.15, 0.2) is 5.82 Å². The SMILES string of the molecule is Cc1nn(-c2ncccc2Cn2nccn2)cc1CN1CCC2(CC1)OCC(F)(F)C1C=C(Cl)SC12. The Kier molecular flexibility index (Phi) is 6.14. The number of allylic oxidation sites excluding steroid dienone is 1. The van der Waals surface area contributed by atoms with Gasteiger partial charge < -0.3 is 4.74 Å². The normalized spacial score (nSPS) is 25.2. The summed E-state index contributed by atoms with van der Waals surface area (Å²) >= 11 is 7.52. The highest BCUT2D eigenvalue weighted by atomic mass is 35.5. The van der Waals surface area contributed by atoms with Crippen molar-refractivity contribution in [3.8, 4) is 5.82 Å². The molecule has 0 amide bonds. The summed E-state index contributed by atoms with van der Waals surface area (Å²) in [4.78, 5) is 8.51. The number of likely N-dealkylation sites (tertiary alicyclic amines) is 1. The van der Waals surface area contributed by atoms with E-state index in [0.717, 1.165) is 42.3 Å². The molecule has 2 saturated heterocycles. The van der Waals surface area contributed by atoms with Gasteiger partial charge in [-0.15, -0.1) is 11.8 Å². The van der Waals surface area contributed by atoms with E-state index in [1.807, 2.05) is 29.9 Å². The number of fused-ring (bicyclic) bond motifs is 2. The van der Waals surface area contributed by atoms with Gasteiger partial charge >= 0.3 is 0 Å². The number of piperidine rings is 1. The standard InChI is InChI=1S/C24H26ClF2N7OS/c1-16-18(13-33(31-16)22-17(3-2-6-28-22)14-34-29-7-8-30-34)12-32-9-4-23(5-10-32)21-19(11-20(25)36-21)24(26,27)15-35-23/h2-3,6-8,11,13,19,21H,4-5,9-10,12,14-15H2,1H3. The fraction of sp³-hybridized carbons (Fsp3) is 0.500. The van der Waals surface area contributed by atoms with E-state index < -0.39 is 24.0 Å². The number of pyridine rings is 1. The Morgan fingerprint density at radius 2 is 1.92 bits per heavy atom. The molecule has 0 saturated carbocycles. The lowest BCUT2D eigenvalue weighted by atomic mass is 9.77. The quantitative estimate of drug-likeness (QED) is 0.490. The molecule has 2 atom stereocenters. The third-order valence-electron chi connectivity index (χ3n) is 7.39. The summed E-state index contributed by atoms with van der Waals surface area (Å²) in [6.45, 7) is 4.20. The Labute approximate surface area is 216 Å². The summed E-state index contributed by atoms with van der Waals surface area (Å²) in [6.07, 6.45) is 9.99. The number of nitrogens with zero attached hydrogens (tertiary/aromatic N) is 7. The van der Waals surface area contributed by atoms with E-state index in [-0.39, 0.29) is 5.25 Å². The minimum absolute atomic E-state index is 0.341. The molecule has 1 spiro atoms. The van der Waals surface area contributed by atoms with Gasteiger partial charge in [-0.25, -0.2) is 18.4 Å². The number of aryl methyl sites for hydroxylation is 1. The predicted molar refractivity (Wildman–Crippen MR) is 132 cm³/mol. The van der Waals surface area contributed by atoms with Gasteiger partial charge in [0.2, 0.25) is 0 Å². The zero-order chi connectivity index (χ0) is 24.9. The summed E-state index contributed by atoms with van der Waals surface area (Å²) in [5, 5.41) is 12.8. The molecule has 0 radical (unpaired) electrons. The first-order chi connectivity index (χ1) is 17.3. The van der Waals surface area contributed by atoms with Crippen LogP contribution in [0.2, 0.25) is 0 Å². The second-order valence-electron chi connectivity index (χ2n) is 9.66. The summed E-state index contributed by atoms with van der Waals surface area (Å²) in [6, 6.07) is 3.89. The molecule has 3 aromatic rings. The van der Waals surface area contributed by atoms with E-state index in [9.17, 15) is 8.78 Å². The fourth-order valence-corrected chi connectivity index (χ4v) is 7.25. The molecular weight excluding hydrogens is 508 g/mol. The molecule has 0 N–H and O–H groups in total. The van der Waals surface area contributed by atoms with Crippen molar-refractivity contribution in [3.05, 3.63) is 64.2 Å². The van der Waals surface area contributed by atoms with Crippen LogP contribution in [0.15, 0.2) is 47.4 Å². The molecule has 2 unspecified atom stereocenters. The number of rotatable bonds is 5. The van der Waals surface area contributed by atoms with E-state index >= 15 is 0 Å². The van der Waals surface area contributed by atoms with Crippen molar-refractivity contribution in [1.29, 1.82) is 0 Å². The molecule has 3 aliphatic heterocycles. The summed E-state index contributed by atoms with van der Waals surface area (Å²) in [7, 11) is 0. The van der Waals surface area contributed by atoms with Crippen LogP contribution in [0.25, 0.3) is 5.82 Å². The molecule has 0 aliphatic carbocycles. The number of hydrogen-bond acceptors (Lipinski definition) is 7. The van der Waals surface area contributed by atoms with E-state index in [0.29, 0.717) is 23.8 Å². The molecule has 3 aliphatic rings. The van der Waals surface area contributed by atoms with Crippen LogP contribution in [0.1, 0.15) is 29.7 Å². The number of hydrogen-bond donors (Lipinski definition) is 0. The van der Waals surface area contributed by atoms with Crippen molar-refractivity contribution < 1.29 is 13.5 Å². The van der Waals surface area contributed by atoms with Crippen LogP contribution in [0.5, 0.6) is 0 Å². The van der Waals surface area contributed by atoms with Crippen molar-refractivity contribution >= 4 is 23.4 Å². The maximum absolute atomic E-state index is 14.5. The summed E-state index contributed by atoms with van der Waals surface area (Å²) in [5.41, 5.74) is 2.43. The van der Waals surface area contributed by atoms with Crippen LogP contribution in [0, 0.1) is 12.8 Å². The van der Waals surface area contributed by atoms with Crippen molar-refractivity contribution in [2.75, 3.05) is 19.7 Å². The zero-order valence-electron chi connectivity index (χ0n) is 19.7. The van der Waals surface area contributed by atoms with E-state index in [2.05, 4.69) is 20.1 Å². The number of thioether (sulfide) groups is 1. The number of ether oxygens (including phenoxy) is 1. The van der Waals surface area contributed by atoms with Crippen LogP contribution in [0.3, 0.4) is 0 Å². The minimum atomic E-state index is -2.87. The number of halogens is 3. The van der Waals surface area contributed by atoms with Gasteiger partial charge in [-0.3, -0.25) is 4.90 Å². The highest BCUT2D eigenvalue weighted by Gasteiger charge is 2.60. The number of alkyl halides is 2. The van der Waals surface area contributed by atoms with Crippen LogP contribution in [-0.2, 0) is 17.8 Å². The van der Waals surface area contributed by atoms with Crippen molar-refractivity contribution in [3.63, 3.8) is 0 Å². The average molecular weight is 534 g/mol. The number of aromatic nitrogens is 6. The van der Waals surface area contributed by atoms with Crippen molar-refractivity contribution in [2.45, 2.75) is 49.6 Å². The maximum Gasteiger partial charge on any atom is 0.278 e. The van der Waals surface area contributed by atoms with Gasteiger partial charge in [0.05, 0.1) is 45.8 Å². The zero-order valence-corrected chi connectivity index (χ0v) is 21.3. The molecule has 0 aromatic carbocycles. The predicted octanol–water partition coefficient (Wildman–Crippen LogP) is 4.03. The second-order valence-corrected chi connectivity index (χ2v) is 11.5. The maximum atomic E-state index is 14.5. The third-order valence-corrected chi connectivity index (χ3v) is 9.13. The first-order valence-electron chi connectivity index (χ1n) is 11.9. The Hall–Kier alpha value is -2.34. The third kappa shape index (κ3) is 4.36. The molecule has 8 nitrogen and oxygen atoms in total. The molecule has 6 heterocycles.